The van der Waals surface area contributed by atoms with Gasteiger partial charge in [0.1, 0.15) is 0 Å². The first-order valence-electron chi connectivity index (χ1n) is 12.8. The van der Waals surface area contributed by atoms with Crippen LogP contribution in [0.4, 0.5) is 0 Å². The standard InChI is InChI=1S/C37H28/c1-5-13-29(14-6-1)31-21-25-35(26-22-31)37(33-17-9-3-10-18-33,34-19-11-4-12-20-34)36-27-23-32(24-28-36)30-15-7-2-8-16-30/h1-28H. The van der Waals surface area contributed by atoms with Gasteiger partial charge in [-0.25, -0.2) is 0 Å². The molecule has 0 aromatic heterocycles. The highest BCUT2D eigenvalue weighted by Gasteiger charge is 2.38. The molecule has 0 heteroatoms. The zero-order valence-corrected chi connectivity index (χ0v) is 20.7. The summed E-state index contributed by atoms with van der Waals surface area (Å²) >= 11 is 0. The van der Waals surface area contributed by atoms with Gasteiger partial charge in [0.15, 0.2) is 0 Å². The van der Waals surface area contributed by atoms with Gasteiger partial charge in [0.25, 0.3) is 0 Å². The van der Waals surface area contributed by atoms with Gasteiger partial charge in [0, 0.05) is 0 Å². The predicted molar refractivity (Wildman–Crippen MR) is 156 cm³/mol. The quantitative estimate of drug-likeness (QED) is 0.212. The van der Waals surface area contributed by atoms with E-state index in [-0.39, 0.29) is 0 Å². The van der Waals surface area contributed by atoms with Crippen LogP contribution >= 0.6 is 0 Å². The Morgan fingerprint density at radius 3 is 0.784 bits per heavy atom. The fraction of sp³-hybridized carbons (Fsp3) is 0.0270. The summed E-state index contributed by atoms with van der Waals surface area (Å²) in [7, 11) is 0. The molecule has 0 amide bonds. The van der Waals surface area contributed by atoms with Crippen molar-refractivity contribution in [3.8, 4) is 22.3 Å². The lowest BCUT2D eigenvalue weighted by molar-refractivity contribution is 0.745. The Morgan fingerprint density at radius 1 is 0.216 bits per heavy atom. The molecule has 0 saturated carbocycles. The van der Waals surface area contributed by atoms with Crippen LogP contribution in [0, 0.1) is 0 Å². The van der Waals surface area contributed by atoms with Crippen LogP contribution in [0.1, 0.15) is 22.3 Å². The second-order valence-corrected chi connectivity index (χ2v) is 9.37. The van der Waals surface area contributed by atoms with Crippen molar-refractivity contribution in [2.75, 3.05) is 0 Å². The summed E-state index contributed by atoms with van der Waals surface area (Å²) in [6.07, 6.45) is 0. The summed E-state index contributed by atoms with van der Waals surface area (Å²) in [5.41, 5.74) is 9.44. The van der Waals surface area contributed by atoms with Crippen molar-refractivity contribution in [3.63, 3.8) is 0 Å². The number of benzene rings is 6. The molecule has 176 valence electrons. The zero-order valence-electron chi connectivity index (χ0n) is 20.7. The topological polar surface area (TPSA) is 0 Å². The molecule has 0 aliphatic carbocycles. The smallest absolute Gasteiger partial charge is 0.0622 e. The van der Waals surface area contributed by atoms with Gasteiger partial charge in [-0.1, -0.05) is 170 Å². The maximum atomic E-state index is 2.30. The SMILES string of the molecule is c1ccc(-c2ccc(C(c3ccccc3)(c3ccccc3)c3ccc(-c4ccccc4)cc3)cc2)cc1. The molecule has 6 aromatic rings. The van der Waals surface area contributed by atoms with Crippen LogP contribution < -0.4 is 0 Å². The molecule has 6 aromatic carbocycles. The van der Waals surface area contributed by atoms with Gasteiger partial charge in [0.05, 0.1) is 5.41 Å². The van der Waals surface area contributed by atoms with E-state index in [2.05, 4.69) is 170 Å². The predicted octanol–water partition coefficient (Wildman–Crippen LogP) is 9.40. The van der Waals surface area contributed by atoms with Gasteiger partial charge < -0.3 is 0 Å². The summed E-state index contributed by atoms with van der Waals surface area (Å²) in [4.78, 5) is 0. The van der Waals surface area contributed by atoms with E-state index in [0.717, 1.165) is 0 Å². The van der Waals surface area contributed by atoms with E-state index in [9.17, 15) is 0 Å². The molecule has 0 heterocycles. The van der Waals surface area contributed by atoms with Crippen molar-refractivity contribution in [1.29, 1.82) is 0 Å². The van der Waals surface area contributed by atoms with Crippen LogP contribution in [0.3, 0.4) is 0 Å². The minimum atomic E-state index is -0.451. The molecule has 0 aliphatic rings. The van der Waals surface area contributed by atoms with E-state index >= 15 is 0 Å². The van der Waals surface area contributed by atoms with Gasteiger partial charge in [-0.05, 0) is 44.5 Å². The largest absolute Gasteiger partial charge is 0.0701 e. The molecule has 0 radical (unpaired) electrons. The minimum absolute atomic E-state index is 0.451. The molecule has 0 fully saturated rings. The van der Waals surface area contributed by atoms with E-state index in [1.54, 1.807) is 0 Å². The summed E-state index contributed by atoms with van der Waals surface area (Å²) in [5.74, 6) is 0. The molecule has 0 nitrogen and oxygen atoms in total. The Morgan fingerprint density at radius 2 is 0.459 bits per heavy atom. The van der Waals surface area contributed by atoms with Crippen LogP contribution in [0.15, 0.2) is 170 Å². The monoisotopic (exact) mass is 472 g/mol. The average molecular weight is 473 g/mol. The van der Waals surface area contributed by atoms with Crippen LogP contribution in [0.25, 0.3) is 22.3 Å². The molecule has 6 rings (SSSR count). The van der Waals surface area contributed by atoms with Gasteiger partial charge in [-0.2, -0.15) is 0 Å². The summed E-state index contributed by atoms with van der Waals surface area (Å²) in [6.45, 7) is 0. The molecular formula is C37H28. The van der Waals surface area contributed by atoms with E-state index in [1.165, 1.54) is 44.5 Å². The van der Waals surface area contributed by atoms with Crippen molar-refractivity contribution in [1.82, 2.24) is 0 Å². The first kappa shape index (κ1) is 22.8. The van der Waals surface area contributed by atoms with Gasteiger partial charge >= 0.3 is 0 Å². The van der Waals surface area contributed by atoms with E-state index in [0.29, 0.717) is 0 Å². The first-order valence-corrected chi connectivity index (χ1v) is 12.8. The highest BCUT2D eigenvalue weighted by Crippen LogP contribution is 2.45. The summed E-state index contributed by atoms with van der Waals surface area (Å²) in [5, 5.41) is 0. The van der Waals surface area contributed by atoms with Gasteiger partial charge in [0.2, 0.25) is 0 Å². The lowest BCUT2D eigenvalue weighted by Crippen LogP contribution is -2.31. The third-order valence-corrected chi connectivity index (χ3v) is 7.26. The number of hydrogen-bond donors (Lipinski definition) is 0. The molecule has 0 bridgehead atoms. The van der Waals surface area contributed by atoms with Crippen LogP contribution in [-0.2, 0) is 5.41 Å². The molecule has 0 atom stereocenters. The Balaban J connectivity index is 1.57. The van der Waals surface area contributed by atoms with Crippen molar-refractivity contribution >= 4 is 0 Å². The summed E-state index contributed by atoms with van der Waals surface area (Å²) < 4.78 is 0. The molecule has 0 saturated heterocycles. The van der Waals surface area contributed by atoms with Crippen LogP contribution in [0.2, 0.25) is 0 Å². The highest BCUT2D eigenvalue weighted by molar-refractivity contribution is 5.69. The van der Waals surface area contributed by atoms with Crippen molar-refractivity contribution in [2.24, 2.45) is 0 Å². The van der Waals surface area contributed by atoms with Crippen molar-refractivity contribution in [3.05, 3.63) is 192 Å². The van der Waals surface area contributed by atoms with E-state index in [1.807, 2.05) is 0 Å². The Hall–Kier alpha value is -4.68. The molecule has 0 N–H and O–H groups in total. The maximum Gasteiger partial charge on any atom is 0.0701 e. The first-order chi connectivity index (χ1) is 18.4. The normalized spacial score (nSPS) is 11.2. The zero-order chi connectivity index (χ0) is 24.9. The van der Waals surface area contributed by atoms with Crippen molar-refractivity contribution in [2.45, 2.75) is 5.41 Å². The molecular weight excluding hydrogens is 444 g/mol. The molecule has 0 spiro atoms. The maximum absolute atomic E-state index is 2.30. The van der Waals surface area contributed by atoms with Crippen molar-refractivity contribution < 1.29 is 0 Å². The van der Waals surface area contributed by atoms with Crippen LogP contribution in [-0.4, -0.2) is 0 Å². The van der Waals surface area contributed by atoms with E-state index < -0.39 is 5.41 Å². The van der Waals surface area contributed by atoms with Gasteiger partial charge in [-0.15, -0.1) is 0 Å². The minimum Gasteiger partial charge on any atom is -0.0622 e. The van der Waals surface area contributed by atoms with E-state index in [4.69, 9.17) is 0 Å². The summed E-state index contributed by atoms with van der Waals surface area (Å²) in [6, 6.07) is 61.1. The lowest BCUT2D eigenvalue weighted by Gasteiger charge is -2.37. The fourth-order valence-electron chi connectivity index (χ4n) is 5.46. The fourth-order valence-corrected chi connectivity index (χ4v) is 5.46. The number of rotatable bonds is 6. The Kier molecular flexibility index (Phi) is 6.23. The number of hydrogen-bond acceptors (Lipinski definition) is 0. The second kappa shape index (κ2) is 10.1. The van der Waals surface area contributed by atoms with Gasteiger partial charge in [-0.3, -0.25) is 0 Å². The third-order valence-electron chi connectivity index (χ3n) is 7.26. The molecule has 0 aliphatic heterocycles. The molecule has 0 unspecified atom stereocenters. The Bertz CT molecular complexity index is 1430. The second-order valence-electron chi connectivity index (χ2n) is 9.37. The average Bonchev–Trinajstić information content (AvgIpc) is 3.00. The van der Waals surface area contributed by atoms with Crippen LogP contribution in [0.5, 0.6) is 0 Å². The third kappa shape index (κ3) is 4.28. The Labute approximate surface area is 219 Å². The molecule has 37 heavy (non-hydrogen) atoms. The lowest BCUT2D eigenvalue weighted by atomic mass is 9.65. The highest BCUT2D eigenvalue weighted by atomic mass is 14.4.